The third-order valence-corrected chi connectivity index (χ3v) is 6.69. The summed E-state index contributed by atoms with van der Waals surface area (Å²) < 4.78 is 26.9. The molecule has 0 aromatic heterocycles. The number of carbonyl (C=O) groups excluding carboxylic acids is 1. The molecule has 0 N–H and O–H groups in total. The molecule has 0 radical (unpaired) electrons. The first-order valence-electron chi connectivity index (χ1n) is 8.80. The lowest BCUT2D eigenvalue weighted by Gasteiger charge is -2.20. The van der Waals surface area contributed by atoms with Gasteiger partial charge in [0.15, 0.2) is 0 Å². The van der Waals surface area contributed by atoms with E-state index in [-0.39, 0.29) is 10.8 Å². The maximum absolute atomic E-state index is 12.8. The number of sulfonamides is 1. The largest absolute Gasteiger partial charge is 0.337 e. The molecule has 1 saturated heterocycles. The number of benzene rings is 2. The third kappa shape index (κ3) is 3.81. The van der Waals surface area contributed by atoms with E-state index in [2.05, 4.69) is 0 Å². The number of aryl methyl sites for hydroxylation is 1. The highest BCUT2D eigenvalue weighted by atomic mass is 32.2. The van der Waals surface area contributed by atoms with Crippen molar-refractivity contribution in [2.45, 2.75) is 31.2 Å². The minimum atomic E-state index is -3.52. The van der Waals surface area contributed by atoms with Gasteiger partial charge in [0.05, 0.1) is 4.90 Å². The van der Waals surface area contributed by atoms with Crippen LogP contribution < -0.4 is 0 Å². The van der Waals surface area contributed by atoms with Crippen LogP contribution in [0.4, 0.5) is 0 Å². The van der Waals surface area contributed by atoms with Crippen LogP contribution in [-0.2, 0) is 16.6 Å². The molecule has 2 aromatic rings. The normalized spacial score (nSPS) is 15.2. The fourth-order valence-electron chi connectivity index (χ4n) is 3.20. The molecule has 5 nitrogen and oxygen atoms in total. The summed E-state index contributed by atoms with van der Waals surface area (Å²) in [5, 5.41) is 0. The summed E-state index contributed by atoms with van der Waals surface area (Å²) >= 11 is 0. The highest BCUT2D eigenvalue weighted by Gasteiger charge is 2.27. The van der Waals surface area contributed by atoms with Crippen molar-refractivity contribution in [2.24, 2.45) is 0 Å². The molecule has 0 atom stereocenters. The van der Waals surface area contributed by atoms with E-state index in [1.165, 1.54) is 10.4 Å². The van der Waals surface area contributed by atoms with Crippen LogP contribution in [0.5, 0.6) is 0 Å². The quantitative estimate of drug-likeness (QED) is 0.811. The van der Waals surface area contributed by atoms with Gasteiger partial charge in [-0.3, -0.25) is 4.79 Å². The van der Waals surface area contributed by atoms with E-state index in [4.69, 9.17) is 0 Å². The summed E-state index contributed by atoms with van der Waals surface area (Å²) in [7, 11) is -1.79. The van der Waals surface area contributed by atoms with Crippen molar-refractivity contribution in [2.75, 3.05) is 20.1 Å². The molecule has 0 saturated carbocycles. The van der Waals surface area contributed by atoms with E-state index in [9.17, 15) is 13.2 Å². The number of hydrogen-bond acceptors (Lipinski definition) is 3. The lowest BCUT2D eigenvalue weighted by Crippen LogP contribution is -2.29. The summed E-state index contributed by atoms with van der Waals surface area (Å²) in [6.45, 7) is 3.59. The second-order valence-electron chi connectivity index (χ2n) is 6.73. The van der Waals surface area contributed by atoms with Crippen molar-refractivity contribution in [3.63, 3.8) is 0 Å². The van der Waals surface area contributed by atoms with Gasteiger partial charge in [0.1, 0.15) is 0 Å². The van der Waals surface area contributed by atoms with E-state index in [0.717, 1.165) is 24.0 Å². The molecule has 0 bridgehead atoms. The number of nitrogens with zero attached hydrogens (tertiary/aromatic N) is 2. The summed E-state index contributed by atoms with van der Waals surface area (Å²) in [5.41, 5.74) is 2.59. The molecule has 2 aromatic carbocycles. The molecular weight excluding hydrogens is 348 g/mol. The van der Waals surface area contributed by atoms with Crippen molar-refractivity contribution in [1.29, 1.82) is 0 Å². The zero-order valence-electron chi connectivity index (χ0n) is 15.2. The minimum Gasteiger partial charge on any atom is -0.337 e. The van der Waals surface area contributed by atoms with Gasteiger partial charge in [-0.25, -0.2) is 8.42 Å². The van der Waals surface area contributed by atoms with Gasteiger partial charge in [-0.1, -0.05) is 30.3 Å². The highest BCUT2D eigenvalue weighted by Crippen LogP contribution is 2.22. The van der Waals surface area contributed by atoms with Gasteiger partial charge in [0, 0.05) is 32.2 Å². The Labute approximate surface area is 155 Å². The van der Waals surface area contributed by atoms with Crippen LogP contribution in [0.3, 0.4) is 0 Å². The Morgan fingerprint density at radius 3 is 2.46 bits per heavy atom. The summed E-state index contributed by atoms with van der Waals surface area (Å²) in [5.74, 6) is -0.188. The molecule has 138 valence electrons. The van der Waals surface area contributed by atoms with Crippen molar-refractivity contribution in [3.05, 3.63) is 65.2 Å². The Bertz CT molecular complexity index is 903. The van der Waals surface area contributed by atoms with Crippen molar-refractivity contribution in [1.82, 2.24) is 9.21 Å². The van der Waals surface area contributed by atoms with Crippen LogP contribution in [-0.4, -0.2) is 43.7 Å². The topological polar surface area (TPSA) is 57.7 Å². The molecular formula is C20H24N2O3S. The standard InChI is InChI=1S/C20H24N2O3S/c1-16-8-3-4-9-18(16)15-21(2)20(23)17-10-7-11-19(14-17)26(24,25)22-12-5-6-13-22/h3-4,7-11,14H,5-6,12-13,15H2,1-2H3. The molecule has 1 aliphatic heterocycles. The molecule has 0 aliphatic carbocycles. The average molecular weight is 372 g/mol. The lowest BCUT2D eigenvalue weighted by molar-refractivity contribution is 0.0784. The van der Waals surface area contributed by atoms with Gasteiger partial charge in [-0.2, -0.15) is 4.31 Å². The second kappa shape index (κ2) is 7.60. The first kappa shape index (κ1) is 18.6. The molecule has 0 unspecified atom stereocenters. The number of amides is 1. The van der Waals surface area contributed by atoms with Crippen molar-refractivity contribution in [3.8, 4) is 0 Å². The van der Waals surface area contributed by atoms with E-state index < -0.39 is 10.0 Å². The zero-order valence-corrected chi connectivity index (χ0v) is 16.0. The molecule has 3 rings (SSSR count). The Hall–Kier alpha value is -2.18. The number of hydrogen-bond donors (Lipinski definition) is 0. The Morgan fingerprint density at radius 2 is 1.77 bits per heavy atom. The maximum atomic E-state index is 12.8. The van der Waals surface area contributed by atoms with Crippen LogP contribution in [0.25, 0.3) is 0 Å². The minimum absolute atomic E-state index is 0.188. The Balaban J connectivity index is 1.81. The molecule has 1 aliphatic rings. The Kier molecular flexibility index (Phi) is 5.44. The van der Waals surface area contributed by atoms with Gasteiger partial charge < -0.3 is 4.90 Å². The van der Waals surface area contributed by atoms with E-state index in [0.29, 0.717) is 25.2 Å². The fourth-order valence-corrected chi connectivity index (χ4v) is 4.77. The van der Waals surface area contributed by atoms with E-state index in [1.807, 2.05) is 31.2 Å². The summed E-state index contributed by atoms with van der Waals surface area (Å²) in [4.78, 5) is 14.6. The molecule has 0 spiro atoms. The monoisotopic (exact) mass is 372 g/mol. The van der Waals surface area contributed by atoms with Crippen LogP contribution in [0.1, 0.15) is 34.3 Å². The second-order valence-corrected chi connectivity index (χ2v) is 8.66. The number of rotatable bonds is 5. The van der Waals surface area contributed by atoms with Crippen molar-refractivity contribution >= 4 is 15.9 Å². The Morgan fingerprint density at radius 1 is 1.08 bits per heavy atom. The van der Waals surface area contributed by atoms with Crippen LogP contribution in [0, 0.1) is 6.92 Å². The van der Waals surface area contributed by atoms with Crippen LogP contribution in [0.15, 0.2) is 53.4 Å². The predicted octanol–water partition coefficient (Wildman–Crippen LogP) is 3.05. The van der Waals surface area contributed by atoms with Gasteiger partial charge in [0.25, 0.3) is 5.91 Å². The molecule has 1 fully saturated rings. The van der Waals surface area contributed by atoms with Gasteiger partial charge >= 0.3 is 0 Å². The van der Waals surface area contributed by atoms with E-state index >= 15 is 0 Å². The SMILES string of the molecule is Cc1ccccc1CN(C)C(=O)c1cccc(S(=O)(=O)N2CCCC2)c1. The summed E-state index contributed by atoms with van der Waals surface area (Å²) in [6.07, 6.45) is 1.77. The summed E-state index contributed by atoms with van der Waals surface area (Å²) in [6, 6.07) is 14.3. The first-order chi connectivity index (χ1) is 12.4. The van der Waals surface area contributed by atoms with Crippen LogP contribution in [0.2, 0.25) is 0 Å². The van der Waals surface area contributed by atoms with Gasteiger partial charge in [-0.05, 0) is 49.1 Å². The third-order valence-electron chi connectivity index (χ3n) is 4.80. The lowest BCUT2D eigenvalue weighted by atomic mass is 10.1. The van der Waals surface area contributed by atoms with E-state index in [1.54, 1.807) is 30.1 Å². The highest BCUT2D eigenvalue weighted by molar-refractivity contribution is 7.89. The molecule has 1 heterocycles. The van der Waals surface area contributed by atoms with Gasteiger partial charge in [0.2, 0.25) is 10.0 Å². The first-order valence-corrected chi connectivity index (χ1v) is 10.2. The average Bonchev–Trinajstić information content (AvgIpc) is 3.18. The predicted molar refractivity (Wildman–Crippen MR) is 101 cm³/mol. The molecule has 26 heavy (non-hydrogen) atoms. The molecule has 1 amide bonds. The molecule has 6 heteroatoms. The maximum Gasteiger partial charge on any atom is 0.253 e. The zero-order chi connectivity index (χ0) is 18.7. The fraction of sp³-hybridized carbons (Fsp3) is 0.350. The smallest absolute Gasteiger partial charge is 0.253 e. The van der Waals surface area contributed by atoms with Crippen molar-refractivity contribution < 1.29 is 13.2 Å². The van der Waals surface area contributed by atoms with Gasteiger partial charge in [-0.15, -0.1) is 0 Å². The number of carbonyl (C=O) groups is 1. The van der Waals surface area contributed by atoms with Crippen LogP contribution >= 0.6 is 0 Å².